The van der Waals surface area contributed by atoms with Crippen molar-refractivity contribution in [3.8, 4) is 5.75 Å². The number of nitrogens with one attached hydrogen (secondary N) is 1. The minimum Gasteiger partial charge on any atom is -0.482 e. The predicted octanol–water partition coefficient (Wildman–Crippen LogP) is 3.37. The van der Waals surface area contributed by atoms with E-state index in [0.717, 1.165) is 31.2 Å². The minimum atomic E-state index is -0.987. The summed E-state index contributed by atoms with van der Waals surface area (Å²) in [6.45, 7) is 0.113. The fourth-order valence-corrected chi connectivity index (χ4v) is 3.66. The third-order valence-electron chi connectivity index (χ3n) is 4.84. The fourth-order valence-electron chi connectivity index (χ4n) is 3.46. The van der Waals surface area contributed by atoms with E-state index in [1.807, 2.05) is 30.3 Å². The summed E-state index contributed by atoms with van der Waals surface area (Å²) >= 11 is 6.00. The second kappa shape index (κ2) is 9.22. The Bertz CT molecular complexity index is 796. The maximum absolute atomic E-state index is 10.7. The van der Waals surface area contributed by atoms with Crippen molar-refractivity contribution >= 4 is 17.6 Å². The maximum Gasteiger partial charge on any atom is 0.341 e. The van der Waals surface area contributed by atoms with Gasteiger partial charge in [0.25, 0.3) is 0 Å². The van der Waals surface area contributed by atoms with Crippen LogP contribution in [0.3, 0.4) is 0 Å². The van der Waals surface area contributed by atoms with Crippen LogP contribution >= 0.6 is 11.6 Å². The van der Waals surface area contributed by atoms with E-state index in [-0.39, 0.29) is 12.6 Å². The number of hydrogen-bond acceptors (Lipinski definition) is 4. The molecular formula is C21H24ClNO4. The molecule has 0 fully saturated rings. The van der Waals surface area contributed by atoms with Gasteiger partial charge >= 0.3 is 5.97 Å². The van der Waals surface area contributed by atoms with Gasteiger partial charge in [0.15, 0.2) is 6.61 Å². The Labute approximate surface area is 163 Å². The van der Waals surface area contributed by atoms with Crippen LogP contribution in [0.1, 0.15) is 35.6 Å². The van der Waals surface area contributed by atoms with Gasteiger partial charge in [-0.2, -0.15) is 0 Å². The molecule has 0 aromatic heterocycles. The number of aliphatic carboxylic acids is 1. The highest BCUT2D eigenvalue weighted by Crippen LogP contribution is 2.26. The van der Waals surface area contributed by atoms with Crippen LogP contribution < -0.4 is 10.1 Å². The molecule has 0 spiro atoms. The number of rotatable bonds is 7. The molecule has 5 nitrogen and oxygen atoms in total. The van der Waals surface area contributed by atoms with E-state index in [0.29, 0.717) is 17.3 Å². The summed E-state index contributed by atoms with van der Waals surface area (Å²) in [5.74, 6) is -0.407. The largest absolute Gasteiger partial charge is 0.482 e. The highest BCUT2D eigenvalue weighted by molar-refractivity contribution is 6.30. The Hall–Kier alpha value is -2.08. The van der Waals surface area contributed by atoms with Gasteiger partial charge in [0, 0.05) is 17.6 Å². The Morgan fingerprint density at radius 2 is 2.11 bits per heavy atom. The molecule has 2 aromatic carbocycles. The standard InChI is InChI=1S/C21H24ClNO4/c22-17-5-1-4-15(9-17)20(24)12-23-18-6-2-3-14-7-8-19(11-16(14)10-18)27-13-21(25)26/h1,4-5,7-9,11,18,20,23-24H,2-3,6,10,12-13H2,(H,25,26). The van der Waals surface area contributed by atoms with E-state index in [2.05, 4.69) is 5.32 Å². The average Bonchev–Trinajstić information content (AvgIpc) is 2.85. The number of halogens is 1. The molecule has 27 heavy (non-hydrogen) atoms. The third-order valence-corrected chi connectivity index (χ3v) is 5.07. The first-order chi connectivity index (χ1) is 13.0. The van der Waals surface area contributed by atoms with Crippen molar-refractivity contribution in [2.75, 3.05) is 13.2 Å². The molecule has 0 aliphatic heterocycles. The number of hydrogen-bond donors (Lipinski definition) is 3. The van der Waals surface area contributed by atoms with Crippen LogP contribution in [0, 0.1) is 0 Å². The van der Waals surface area contributed by atoms with E-state index in [4.69, 9.17) is 21.4 Å². The Balaban J connectivity index is 1.61. The zero-order chi connectivity index (χ0) is 19.2. The molecule has 0 saturated heterocycles. The van der Waals surface area contributed by atoms with Crippen molar-refractivity contribution in [2.24, 2.45) is 0 Å². The first-order valence-corrected chi connectivity index (χ1v) is 9.52. The van der Waals surface area contributed by atoms with E-state index in [1.54, 1.807) is 12.1 Å². The highest BCUT2D eigenvalue weighted by Gasteiger charge is 2.19. The summed E-state index contributed by atoms with van der Waals surface area (Å²) < 4.78 is 5.30. The summed E-state index contributed by atoms with van der Waals surface area (Å²) in [7, 11) is 0. The maximum atomic E-state index is 10.7. The van der Waals surface area contributed by atoms with Gasteiger partial charge in [-0.25, -0.2) is 4.79 Å². The monoisotopic (exact) mass is 389 g/mol. The number of aliphatic hydroxyl groups excluding tert-OH is 1. The number of aliphatic hydroxyl groups is 1. The number of aryl methyl sites for hydroxylation is 1. The number of fused-ring (bicyclic) bond motifs is 1. The molecule has 1 aliphatic carbocycles. The lowest BCUT2D eigenvalue weighted by Gasteiger charge is -2.20. The Morgan fingerprint density at radius 3 is 2.89 bits per heavy atom. The second-order valence-electron chi connectivity index (χ2n) is 6.89. The molecule has 0 bridgehead atoms. The molecule has 3 rings (SSSR count). The average molecular weight is 390 g/mol. The Kier molecular flexibility index (Phi) is 6.72. The van der Waals surface area contributed by atoms with E-state index in [1.165, 1.54) is 11.1 Å². The SMILES string of the molecule is O=C(O)COc1ccc2c(c1)CC(NCC(O)c1cccc(Cl)c1)CCC2. The molecular weight excluding hydrogens is 366 g/mol. The lowest BCUT2D eigenvalue weighted by atomic mass is 10.0. The van der Waals surface area contributed by atoms with Crippen LogP contribution in [0.2, 0.25) is 5.02 Å². The number of carbonyl (C=O) groups is 1. The minimum absolute atomic E-state index is 0.245. The second-order valence-corrected chi connectivity index (χ2v) is 7.32. The summed E-state index contributed by atoms with van der Waals surface area (Å²) in [6, 6.07) is 13.3. The molecule has 0 saturated carbocycles. The molecule has 2 unspecified atom stereocenters. The van der Waals surface area contributed by atoms with Crippen LogP contribution in [0.15, 0.2) is 42.5 Å². The highest BCUT2D eigenvalue weighted by atomic mass is 35.5. The van der Waals surface area contributed by atoms with Crippen molar-refractivity contribution in [3.05, 3.63) is 64.2 Å². The van der Waals surface area contributed by atoms with Crippen LogP contribution in [-0.4, -0.2) is 35.4 Å². The summed E-state index contributed by atoms with van der Waals surface area (Å²) in [5.41, 5.74) is 3.25. The predicted molar refractivity (Wildman–Crippen MR) is 104 cm³/mol. The first kappa shape index (κ1) is 19.7. The molecule has 0 amide bonds. The lowest BCUT2D eigenvalue weighted by molar-refractivity contribution is -0.139. The molecule has 0 radical (unpaired) electrons. The van der Waals surface area contributed by atoms with Crippen molar-refractivity contribution in [2.45, 2.75) is 37.8 Å². The number of carboxylic acid groups (broad SMARTS) is 1. The molecule has 1 aliphatic rings. The third kappa shape index (κ3) is 5.70. The van der Waals surface area contributed by atoms with Crippen molar-refractivity contribution in [1.82, 2.24) is 5.32 Å². The number of benzene rings is 2. The smallest absolute Gasteiger partial charge is 0.341 e. The van der Waals surface area contributed by atoms with Crippen LogP contribution in [0.4, 0.5) is 0 Å². The molecule has 2 aromatic rings. The summed E-state index contributed by atoms with van der Waals surface area (Å²) in [5, 5.41) is 23.3. The van der Waals surface area contributed by atoms with Crippen molar-refractivity contribution in [3.63, 3.8) is 0 Å². The van der Waals surface area contributed by atoms with Gasteiger partial charge in [0.05, 0.1) is 6.10 Å². The molecule has 0 heterocycles. The number of carboxylic acids is 1. The first-order valence-electron chi connectivity index (χ1n) is 9.14. The summed E-state index contributed by atoms with van der Waals surface area (Å²) in [6.07, 6.45) is 3.28. The molecule has 144 valence electrons. The summed E-state index contributed by atoms with van der Waals surface area (Å²) in [4.78, 5) is 10.7. The fraction of sp³-hybridized carbons (Fsp3) is 0.381. The molecule has 3 N–H and O–H groups in total. The van der Waals surface area contributed by atoms with Crippen LogP contribution in [0.25, 0.3) is 0 Å². The Morgan fingerprint density at radius 1 is 1.26 bits per heavy atom. The topological polar surface area (TPSA) is 78.8 Å². The van der Waals surface area contributed by atoms with Gasteiger partial charge < -0.3 is 20.3 Å². The number of ether oxygens (including phenoxy) is 1. The van der Waals surface area contributed by atoms with Gasteiger partial charge in [-0.15, -0.1) is 0 Å². The van der Waals surface area contributed by atoms with E-state index < -0.39 is 12.1 Å². The van der Waals surface area contributed by atoms with Gasteiger partial charge in [0.2, 0.25) is 0 Å². The zero-order valence-corrected chi connectivity index (χ0v) is 15.8. The van der Waals surface area contributed by atoms with Gasteiger partial charge in [-0.05, 0) is 66.6 Å². The van der Waals surface area contributed by atoms with Crippen LogP contribution in [0.5, 0.6) is 5.75 Å². The van der Waals surface area contributed by atoms with Crippen molar-refractivity contribution < 1.29 is 19.7 Å². The molecule has 2 atom stereocenters. The van der Waals surface area contributed by atoms with Gasteiger partial charge in [-0.1, -0.05) is 29.8 Å². The zero-order valence-electron chi connectivity index (χ0n) is 15.0. The lowest BCUT2D eigenvalue weighted by Crippen LogP contribution is -2.34. The van der Waals surface area contributed by atoms with Crippen molar-refractivity contribution in [1.29, 1.82) is 0 Å². The van der Waals surface area contributed by atoms with Gasteiger partial charge in [0.1, 0.15) is 5.75 Å². The van der Waals surface area contributed by atoms with E-state index in [9.17, 15) is 9.90 Å². The molecule has 6 heteroatoms. The van der Waals surface area contributed by atoms with Crippen LogP contribution in [-0.2, 0) is 17.6 Å². The van der Waals surface area contributed by atoms with Gasteiger partial charge in [-0.3, -0.25) is 0 Å². The normalized spacial score (nSPS) is 17.6. The van der Waals surface area contributed by atoms with E-state index >= 15 is 0 Å². The quantitative estimate of drug-likeness (QED) is 0.633.